The molecule has 0 aliphatic rings. The maximum atomic E-state index is 10.5. The van der Waals surface area contributed by atoms with E-state index in [-0.39, 0.29) is 6.42 Å². The number of rotatable bonds is 6. The van der Waals surface area contributed by atoms with Gasteiger partial charge in [-0.2, -0.15) is 0 Å². The van der Waals surface area contributed by atoms with Gasteiger partial charge in [-0.15, -0.1) is 0 Å². The van der Waals surface area contributed by atoms with Gasteiger partial charge in [0.05, 0.1) is 0 Å². The molecule has 0 bridgehead atoms. The van der Waals surface area contributed by atoms with Gasteiger partial charge in [-0.3, -0.25) is 4.79 Å². The number of carboxylic acid groups (broad SMARTS) is 1. The molecule has 0 heterocycles. The lowest BCUT2D eigenvalue weighted by atomic mass is 10.1. The smallest absolute Gasteiger partial charge is 0.303 e. The molecule has 0 fully saturated rings. The molecule has 3 nitrogen and oxygen atoms in total. The van der Waals surface area contributed by atoms with E-state index in [0.717, 1.165) is 12.2 Å². The fourth-order valence-corrected chi connectivity index (χ4v) is 2.14. The molecule has 1 N–H and O–H groups in total. The van der Waals surface area contributed by atoms with Crippen LogP contribution in [0.1, 0.15) is 12.8 Å². The zero-order valence-corrected chi connectivity index (χ0v) is 11.6. The van der Waals surface area contributed by atoms with Crippen LogP contribution in [0.15, 0.2) is 54.6 Å². The Kier molecular flexibility index (Phi) is 4.77. The third kappa shape index (κ3) is 3.85. The van der Waals surface area contributed by atoms with Crippen molar-refractivity contribution in [2.45, 2.75) is 12.8 Å². The highest BCUT2D eigenvalue weighted by atomic mass is 16.4. The van der Waals surface area contributed by atoms with E-state index in [9.17, 15) is 4.79 Å². The van der Waals surface area contributed by atoms with E-state index in [2.05, 4.69) is 41.3 Å². The number of nitrogens with zero attached hydrogens (tertiary/aromatic N) is 1. The third-order valence-corrected chi connectivity index (χ3v) is 3.30. The second kappa shape index (κ2) is 6.75. The van der Waals surface area contributed by atoms with Gasteiger partial charge in [-0.1, -0.05) is 42.5 Å². The van der Waals surface area contributed by atoms with Gasteiger partial charge in [0.25, 0.3) is 0 Å². The summed E-state index contributed by atoms with van der Waals surface area (Å²) in [6.07, 6.45) is 0.874. The van der Waals surface area contributed by atoms with Gasteiger partial charge in [-0.05, 0) is 29.7 Å². The molecule has 0 aliphatic heterocycles. The molecule has 20 heavy (non-hydrogen) atoms. The van der Waals surface area contributed by atoms with Crippen molar-refractivity contribution < 1.29 is 9.90 Å². The molecule has 0 saturated heterocycles. The van der Waals surface area contributed by atoms with Crippen LogP contribution in [-0.4, -0.2) is 24.7 Å². The van der Waals surface area contributed by atoms with Crippen LogP contribution in [0.25, 0.3) is 11.1 Å². The first kappa shape index (κ1) is 14.1. The number of anilines is 1. The summed E-state index contributed by atoms with van der Waals surface area (Å²) in [6.45, 7) is 0.747. The Balaban J connectivity index is 1.99. The summed E-state index contributed by atoms with van der Waals surface area (Å²) < 4.78 is 0. The molecule has 0 amide bonds. The van der Waals surface area contributed by atoms with Crippen molar-refractivity contribution in [2.75, 3.05) is 18.5 Å². The fourth-order valence-electron chi connectivity index (χ4n) is 2.14. The molecule has 0 unspecified atom stereocenters. The van der Waals surface area contributed by atoms with Gasteiger partial charge in [0, 0.05) is 25.7 Å². The van der Waals surface area contributed by atoms with Crippen molar-refractivity contribution in [1.29, 1.82) is 0 Å². The molecule has 0 saturated carbocycles. The van der Waals surface area contributed by atoms with E-state index in [1.165, 1.54) is 11.1 Å². The second-order valence-corrected chi connectivity index (χ2v) is 4.83. The first-order chi connectivity index (χ1) is 9.66. The van der Waals surface area contributed by atoms with Gasteiger partial charge >= 0.3 is 5.97 Å². The topological polar surface area (TPSA) is 40.5 Å². The summed E-state index contributed by atoms with van der Waals surface area (Å²) in [7, 11) is 1.99. The van der Waals surface area contributed by atoms with Gasteiger partial charge in [0.2, 0.25) is 0 Å². The minimum Gasteiger partial charge on any atom is -0.481 e. The highest BCUT2D eigenvalue weighted by Crippen LogP contribution is 2.22. The van der Waals surface area contributed by atoms with Gasteiger partial charge in [-0.25, -0.2) is 0 Å². The van der Waals surface area contributed by atoms with Crippen molar-refractivity contribution in [1.82, 2.24) is 0 Å². The zero-order valence-electron chi connectivity index (χ0n) is 11.6. The summed E-state index contributed by atoms with van der Waals surface area (Å²) in [4.78, 5) is 12.6. The van der Waals surface area contributed by atoms with Crippen LogP contribution in [0.4, 0.5) is 5.69 Å². The molecule has 3 heteroatoms. The Hall–Kier alpha value is -2.29. The van der Waals surface area contributed by atoms with E-state index >= 15 is 0 Å². The lowest BCUT2D eigenvalue weighted by molar-refractivity contribution is -0.137. The van der Waals surface area contributed by atoms with E-state index in [1.807, 2.05) is 25.2 Å². The first-order valence-corrected chi connectivity index (χ1v) is 6.75. The summed E-state index contributed by atoms with van der Waals surface area (Å²) in [6, 6.07) is 18.6. The average Bonchev–Trinajstić information content (AvgIpc) is 2.48. The van der Waals surface area contributed by atoms with Crippen molar-refractivity contribution in [2.24, 2.45) is 0 Å². The molecular weight excluding hydrogens is 250 g/mol. The number of benzene rings is 2. The van der Waals surface area contributed by atoms with Crippen molar-refractivity contribution >= 4 is 11.7 Å². The average molecular weight is 269 g/mol. The van der Waals surface area contributed by atoms with Crippen LogP contribution in [0, 0.1) is 0 Å². The van der Waals surface area contributed by atoms with E-state index in [4.69, 9.17) is 5.11 Å². The Labute approximate surface area is 119 Å². The standard InChI is InChI=1S/C17H19NO2/c1-18(13-5-8-17(19)20)16-11-9-15(10-12-16)14-6-3-2-4-7-14/h2-4,6-7,9-12H,5,8,13H2,1H3,(H,19,20). The number of carbonyl (C=O) groups is 1. The third-order valence-electron chi connectivity index (χ3n) is 3.30. The highest BCUT2D eigenvalue weighted by Gasteiger charge is 2.03. The lowest BCUT2D eigenvalue weighted by Gasteiger charge is -2.19. The largest absolute Gasteiger partial charge is 0.481 e. The molecule has 2 rings (SSSR count). The number of carboxylic acids is 1. The van der Waals surface area contributed by atoms with Gasteiger partial charge in [0.15, 0.2) is 0 Å². The Morgan fingerprint density at radius 3 is 2.20 bits per heavy atom. The maximum absolute atomic E-state index is 10.5. The normalized spacial score (nSPS) is 10.2. The SMILES string of the molecule is CN(CCCC(=O)O)c1ccc(-c2ccccc2)cc1. The van der Waals surface area contributed by atoms with Crippen LogP contribution >= 0.6 is 0 Å². The first-order valence-electron chi connectivity index (χ1n) is 6.75. The number of hydrogen-bond acceptors (Lipinski definition) is 2. The van der Waals surface area contributed by atoms with Gasteiger partial charge < -0.3 is 10.0 Å². The molecule has 2 aromatic rings. The molecule has 104 valence electrons. The Morgan fingerprint density at radius 1 is 1.00 bits per heavy atom. The quantitative estimate of drug-likeness (QED) is 0.870. The molecule has 0 spiro atoms. The molecule has 0 aliphatic carbocycles. The Morgan fingerprint density at radius 2 is 1.60 bits per heavy atom. The molecule has 0 radical (unpaired) electrons. The molecular formula is C17H19NO2. The van der Waals surface area contributed by atoms with E-state index in [0.29, 0.717) is 6.42 Å². The maximum Gasteiger partial charge on any atom is 0.303 e. The predicted molar refractivity (Wildman–Crippen MR) is 82.0 cm³/mol. The van der Waals surface area contributed by atoms with Crippen molar-refractivity contribution in [3.63, 3.8) is 0 Å². The van der Waals surface area contributed by atoms with Gasteiger partial charge in [0.1, 0.15) is 0 Å². The number of aliphatic carboxylic acids is 1. The molecule has 0 atom stereocenters. The minimum absolute atomic E-state index is 0.215. The fraction of sp³-hybridized carbons (Fsp3) is 0.235. The second-order valence-electron chi connectivity index (χ2n) is 4.83. The number of hydrogen-bond donors (Lipinski definition) is 1. The van der Waals surface area contributed by atoms with E-state index in [1.54, 1.807) is 0 Å². The summed E-state index contributed by atoms with van der Waals surface area (Å²) in [5.41, 5.74) is 3.50. The minimum atomic E-state index is -0.738. The highest BCUT2D eigenvalue weighted by molar-refractivity contribution is 5.67. The van der Waals surface area contributed by atoms with Crippen LogP contribution in [0.2, 0.25) is 0 Å². The monoisotopic (exact) mass is 269 g/mol. The van der Waals surface area contributed by atoms with Crippen LogP contribution in [0.5, 0.6) is 0 Å². The summed E-state index contributed by atoms with van der Waals surface area (Å²) in [5, 5.41) is 8.64. The summed E-state index contributed by atoms with van der Waals surface area (Å²) >= 11 is 0. The predicted octanol–water partition coefficient (Wildman–Crippen LogP) is 3.65. The van der Waals surface area contributed by atoms with E-state index < -0.39 is 5.97 Å². The van der Waals surface area contributed by atoms with Crippen molar-refractivity contribution in [3.05, 3.63) is 54.6 Å². The van der Waals surface area contributed by atoms with Crippen LogP contribution < -0.4 is 4.90 Å². The molecule has 0 aromatic heterocycles. The van der Waals surface area contributed by atoms with Crippen molar-refractivity contribution in [3.8, 4) is 11.1 Å². The Bertz CT molecular complexity index is 549. The summed E-state index contributed by atoms with van der Waals surface area (Å²) in [5.74, 6) is -0.738. The van der Waals surface area contributed by atoms with Crippen LogP contribution in [0.3, 0.4) is 0 Å². The lowest BCUT2D eigenvalue weighted by Crippen LogP contribution is -2.19. The molecule has 2 aromatic carbocycles. The zero-order chi connectivity index (χ0) is 14.4. The van der Waals surface area contributed by atoms with Crippen LogP contribution in [-0.2, 0) is 4.79 Å².